The van der Waals surface area contributed by atoms with Gasteiger partial charge in [-0.3, -0.25) is 0 Å². The van der Waals surface area contributed by atoms with Gasteiger partial charge in [-0.05, 0) is 38.8 Å². The summed E-state index contributed by atoms with van der Waals surface area (Å²) in [6.45, 7) is 9.44. The standard InChI is InChI=1S/C16H27NO3/c1-12-7-6-8-13(2)15(12)20-10-14(18)9-17-16(3,4)11-19-5/h6-8,14,17-18H,9-11H2,1-5H3. The van der Waals surface area contributed by atoms with Crippen molar-refractivity contribution in [2.45, 2.75) is 39.3 Å². The zero-order valence-corrected chi connectivity index (χ0v) is 13.2. The van der Waals surface area contributed by atoms with Crippen LogP contribution < -0.4 is 10.1 Å². The van der Waals surface area contributed by atoms with E-state index in [9.17, 15) is 5.11 Å². The van der Waals surface area contributed by atoms with Crippen LogP contribution >= 0.6 is 0 Å². The molecule has 0 spiro atoms. The Morgan fingerprint density at radius 2 is 1.85 bits per heavy atom. The maximum Gasteiger partial charge on any atom is 0.125 e. The van der Waals surface area contributed by atoms with Crippen LogP contribution in [0.2, 0.25) is 0 Å². The number of benzene rings is 1. The minimum atomic E-state index is -0.551. The third-order valence-corrected chi connectivity index (χ3v) is 3.15. The number of aliphatic hydroxyl groups is 1. The van der Waals surface area contributed by atoms with Gasteiger partial charge in [-0.1, -0.05) is 18.2 Å². The molecule has 0 heterocycles. The molecule has 1 atom stereocenters. The number of aliphatic hydroxyl groups excluding tert-OH is 1. The number of aryl methyl sites for hydroxylation is 2. The Bertz CT molecular complexity index is 398. The molecule has 1 aromatic rings. The number of ether oxygens (including phenoxy) is 2. The van der Waals surface area contributed by atoms with Crippen LogP contribution in [0.4, 0.5) is 0 Å². The average Bonchev–Trinajstić information content (AvgIpc) is 2.36. The lowest BCUT2D eigenvalue weighted by Crippen LogP contribution is -2.47. The van der Waals surface area contributed by atoms with Crippen molar-refractivity contribution in [2.75, 3.05) is 26.9 Å². The summed E-state index contributed by atoms with van der Waals surface area (Å²) in [6, 6.07) is 6.02. The van der Waals surface area contributed by atoms with Crippen LogP contribution in [-0.2, 0) is 4.74 Å². The number of para-hydroxylation sites is 1. The molecular formula is C16H27NO3. The van der Waals surface area contributed by atoms with Gasteiger partial charge >= 0.3 is 0 Å². The minimum absolute atomic E-state index is 0.158. The first kappa shape index (κ1) is 17.0. The summed E-state index contributed by atoms with van der Waals surface area (Å²) in [4.78, 5) is 0. The number of β-amino-alcohol motifs (C(OH)–C–C–N with tert-alkyl or cyclic N) is 1. The predicted molar refractivity (Wildman–Crippen MR) is 81.4 cm³/mol. The molecule has 0 bridgehead atoms. The zero-order chi connectivity index (χ0) is 15.2. The lowest BCUT2D eigenvalue weighted by atomic mass is 10.1. The van der Waals surface area contributed by atoms with Crippen LogP contribution in [0, 0.1) is 13.8 Å². The normalized spacial score (nSPS) is 13.3. The maximum absolute atomic E-state index is 10.00. The number of methoxy groups -OCH3 is 1. The summed E-state index contributed by atoms with van der Waals surface area (Å²) in [5.74, 6) is 0.864. The second-order valence-electron chi connectivity index (χ2n) is 5.88. The summed E-state index contributed by atoms with van der Waals surface area (Å²) >= 11 is 0. The second-order valence-corrected chi connectivity index (χ2v) is 5.88. The van der Waals surface area contributed by atoms with Crippen molar-refractivity contribution in [1.29, 1.82) is 0 Å². The Morgan fingerprint density at radius 3 is 2.40 bits per heavy atom. The van der Waals surface area contributed by atoms with Crippen LogP contribution in [-0.4, -0.2) is 43.6 Å². The van der Waals surface area contributed by atoms with Gasteiger partial charge in [0.2, 0.25) is 0 Å². The van der Waals surface area contributed by atoms with Crippen LogP contribution in [0.5, 0.6) is 5.75 Å². The van der Waals surface area contributed by atoms with Gasteiger partial charge in [-0.15, -0.1) is 0 Å². The van der Waals surface area contributed by atoms with E-state index in [2.05, 4.69) is 5.32 Å². The summed E-state index contributed by atoms with van der Waals surface area (Å²) in [7, 11) is 1.67. The summed E-state index contributed by atoms with van der Waals surface area (Å²) < 4.78 is 10.9. The Balaban J connectivity index is 2.42. The molecule has 0 saturated heterocycles. The molecule has 4 nitrogen and oxygen atoms in total. The fraction of sp³-hybridized carbons (Fsp3) is 0.625. The Hall–Kier alpha value is -1.10. The van der Waals surface area contributed by atoms with Gasteiger partial charge in [0, 0.05) is 19.2 Å². The van der Waals surface area contributed by atoms with Crippen LogP contribution in [0.1, 0.15) is 25.0 Å². The molecule has 114 valence electrons. The molecule has 0 aliphatic carbocycles. The van der Waals surface area contributed by atoms with Crippen LogP contribution in [0.3, 0.4) is 0 Å². The third kappa shape index (κ3) is 5.49. The molecule has 0 aliphatic rings. The molecule has 0 saturated carbocycles. The van der Waals surface area contributed by atoms with Gasteiger partial charge < -0.3 is 19.9 Å². The minimum Gasteiger partial charge on any atom is -0.490 e. The predicted octanol–water partition coefficient (Wildman–Crippen LogP) is 2.06. The topological polar surface area (TPSA) is 50.7 Å². The fourth-order valence-electron chi connectivity index (χ4n) is 2.07. The van der Waals surface area contributed by atoms with E-state index in [4.69, 9.17) is 9.47 Å². The number of hydrogen-bond donors (Lipinski definition) is 2. The van der Waals surface area contributed by atoms with E-state index in [1.807, 2.05) is 45.9 Å². The quantitative estimate of drug-likeness (QED) is 0.766. The second kappa shape index (κ2) is 7.62. The van der Waals surface area contributed by atoms with Gasteiger partial charge in [-0.25, -0.2) is 0 Å². The fourth-order valence-corrected chi connectivity index (χ4v) is 2.07. The molecular weight excluding hydrogens is 254 g/mol. The van der Waals surface area contributed by atoms with E-state index in [-0.39, 0.29) is 12.1 Å². The molecule has 1 unspecified atom stereocenters. The van der Waals surface area contributed by atoms with Crippen molar-refractivity contribution >= 4 is 0 Å². The maximum atomic E-state index is 10.00. The lowest BCUT2D eigenvalue weighted by molar-refractivity contribution is 0.0809. The molecule has 0 aliphatic heterocycles. The highest BCUT2D eigenvalue weighted by Crippen LogP contribution is 2.22. The van der Waals surface area contributed by atoms with Crippen molar-refractivity contribution in [2.24, 2.45) is 0 Å². The van der Waals surface area contributed by atoms with Crippen molar-refractivity contribution in [1.82, 2.24) is 5.32 Å². The van der Waals surface area contributed by atoms with Gasteiger partial charge in [0.25, 0.3) is 0 Å². The van der Waals surface area contributed by atoms with Crippen molar-refractivity contribution < 1.29 is 14.6 Å². The van der Waals surface area contributed by atoms with Crippen molar-refractivity contribution in [3.63, 3.8) is 0 Å². The molecule has 4 heteroatoms. The first-order valence-electron chi connectivity index (χ1n) is 6.97. The SMILES string of the molecule is COCC(C)(C)NCC(O)COc1c(C)cccc1C. The summed E-state index contributed by atoms with van der Waals surface area (Å²) in [5.41, 5.74) is 2.02. The number of nitrogens with one attached hydrogen (secondary N) is 1. The molecule has 0 amide bonds. The monoisotopic (exact) mass is 281 g/mol. The summed E-state index contributed by atoms with van der Waals surface area (Å²) in [5, 5.41) is 13.3. The molecule has 2 N–H and O–H groups in total. The average molecular weight is 281 g/mol. The largest absolute Gasteiger partial charge is 0.490 e. The van der Waals surface area contributed by atoms with E-state index in [0.717, 1.165) is 16.9 Å². The molecule has 0 radical (unpaired) electrons. The van der Waals surface area contributed by atoms with Gasteiger partial charge in [0.1, 0.15) is 18.5 Å². The zero-order valence-electron chi connectivity index (χ0n) is 13.2. The molecule has 1 rings (SSSR count). The van der Waals surface area contributed by atoms with Crippen molar-refractivity contribution in [3.05, 3.63) is 29.3 Å². The number of rotatable bonds is 8. The van der Waals surface area contributed by atoms with Crippen LogP contribution in [0.25, 0.3) is 0 Å². The highest BCUT2D eigenvalue weighted by Gasteiger charge is 2.18. The molecule has 0 fully saturated rings. The van der Waals surface area contributed by atoms with E-state index < -0.39 is 6.10 Å². The third-order valence-electron chi connectivity index (χ3n) is 3.15. The highest BCUT2D eigenvalue weighted by molar-refractivity contribution is 5.39. The van der Waals surface area contributed by atoms with E-state index in [1.54, 1.807) is 7.11 Å². The first-order valence-corrected chi connectivity index (χ1v) is 6.97. The smallest absolute Gasteiger partial charge is 0.125 e. The number of hydrogen-bond acceptors (Lipinski definition) is 4. The Labute approximate surface area is 122 Å². The Kier molecular flexibility index (Phi) is 6.46. The Morgan fingerprint density at radius 1 is 1.25 bits per heavy atom. The van der Waals surface area contributed by atoms with Gasteiger partial charge in [-0.2, -0.15) is 0 Å². The van der Waals surface area contributed by atoms with Crippen LogP contribution in [0.15, 0.2) is 18.2 Å². The summed E-state index contributed by atoms with van der Waals surface area (Å²) in [6.07, 6.45) is -0.551. The van der Waals surface area contributed by atoms with E-state index in [0.29, 0.717) is 13.2 Å². The van der Waals surface area contributed by atoms with E-state index >= 15 is 0 Å². The van der Waals surface area contributed by atoms with E-state index in [1.165, 1.54) is 0 Å². The lowest BCUT2D eigenvalue weighted by Gasteiger charge is -2.27. The molecule has 1 aromatic carbocycles. The van der Waals surface area contributed by atoms with Gasteiger partial charge in [0.15, 0.2) is 0 Å². The molecule has 20 heavy (non-hydrogen) atoms. The molecule has 0 aromatic heterocycles. The highest BCUT2D eigenvalue weighted by atomic mass is 16.5. The van der Waals surface area contributed by atoms with Gasteiger partial charge in [0.05, 0.1) is 6.61 Å². The van der Waals surface area contributed by atoms with Crippen molar-refractivity contribution in [3.8, 4) is 5.75 Å². The first-order chi connectivity index (χ1) is 9.35.